The second-order valence-corrected chi connectivity index (χ2v) is 3.77. The molecular weight excluding hydrogens is 320 g/mol. The summed E-state index contributed by atoms with van der Waals surface area (Å²) in [5.74, 6) is -2.88. The third-order valence-corrected chi connectivity index (χ3v) is 2.27. The summed E-state index contributed by atoms with van der Waals surface area (Å²) < 4.78 is 82.6. The van der Waals surface area contributed by atoms with Crippen molar-refractivity contribution in [2.24, 2.45) is 0 Å². The van der Waals surface area contributed by atoms with Gasteiger partial charge < -0.3 is 9.47 Å². The topological polar surface area (TPSA) is 59.3 Å². The highest BCUT2D eigenvalue weighted by Gasteiger charge is 2.40. The van der Waals surface area contributed by atoms with Gasteiger partial charge in [0.15, 0.2) is 0 Å². The summed E-state index contributed by atoms with van der Waals surface area (Å²) in [6, 6.07) is 1.62. The number of rotatable bonds is 3. The maximum atomic E-state index is 12.8. The van der Waals surface area contributed by atoms with E-state index in [9.17, 15) is 31.1 Å². The Hall–Kier alpha value is -2.44. The zero-order valence-electron chi connectivity index (χ0n) is 10.8. The molecule has 10 heteroatoms. The van der Waals surface area contributed by atoms with E-state index in [1.165, 1.54) is 13.0 Å². The first-order valence-corrected chi connectivity index (χ1v) is 5.57. The first-order valence-electron chi connectivity index (χ1n) is 5.57. The molecule has 1 aromatic rings. The van der Waals surface area contributed by atoms with Crippen LogP contribution in [0.1, 0.15) is 28.4 Å². The molecular formula is C12H7F6NO3. The van der Waals surface area contributed by atoms with Crippen LogP contribution in [0, 0.1) is 11.3 Å². The SMILES string of the molecule is CCOC(=O)c1cc(C(F)(F)F)c(OC(F)(F)F)cc1C#N. The molecule has 4 nitrogen and oxygen atoms in total. The number of halogens is 6. The number of esters is 1. The summed E-state index contributed by atoms with van der Waals surface area (Å²) in [4.78, 5) is 11.5. The summed E-state index contributed by atoms with van der Waals surface area (Å²) in [5.41, 5.74) is -3.37. The van der Waals surface area contributed by atoms with Crippen molar-refractivity contribution in [3.8, 4) is 11.8 Å². The number of alkyl halides is 6. The van der Waals surface area contributed by atoms with Gasteiger partial charge in [0.05, 0.1) is 23.3 Å². The molecule has 0 unspecified atom stereocenters. The maximum absolute atomic E-state index is 12.8. The molecule has 22 heavy (non-hydrogen) atoms. The van der Waals surface area contributed by atoms with Crippen molar-refractivity contribution in [1.82, 2.24) is 0 Å². The quantitative estimate of drug-likeness (QED) is 0.628. The maximum Gasteiger partial charge on any atom is 0.573 e. The Morgan fingerprint density at radius 1 is 1.23 bits per heavy atom. The molecule has 0 bridgehead atoms. The molecule has 0 amide bonds. The van der Waals surface area contributed by atoms with E-state index in [0.29, 0.717) is 0 Å². The molecule has 0 spiro atoms. The van der Waals surface area contributed by atoms with Gasteiger partial charge in [-0.25, -0.2) is 4.79 Å². The van der Waals surface area contributed by atoms with Crippen LogP contribution in [0.4, 0.5) is 26.3 Å². The van der Waals surface area contributed by atoms with Crippen molar-refractivity contribution in [3.63, 3.8) is 0 Å². The lowest BCUT2D eigenvalue weighted by atomic mass is 10.0. The fraction of sp³-hybridized carbons (Fsp3) is 0.333. The number of nitrogens with zero attached hydrogens (tertiary/aromatic N) is 1. The number of benzene rings is 1. The van der Waals surface area contributed by atoms with Crippen LogP contribution >= 0.6 is 0 Å². The lowest BCUT2D eigenvalue weighted by Crippen LogP contribution is -2.21. The van der Waals surface area contributed by atoms with Crippen molar-refractivity contribution in [3.05, 3.63) is 28.8 Å². The van der Waals surface area contributed by atoms with Crippen LogP contribution in [-0.2, 0) is 10.9 Å². The number of hydrogen-bond acceptors (Lipinski definition) is 4. The van der Waals surface area contributed by atoms with Crippen molar-refractivity contribution >= 4 is 5.97 Å². The zero-order chi connectivity index (χ0) is 17.1. The minimum absolute atomic E-state index is 0.0949. The van der Waals surface area contributed by atoms with Crippen LogP contribution in [0.25, 0.3) is 0 Å². The van der Waals surface area contributed by atoms with E-state index in [-0.39, 0.29) is 18.7 Å². The van der Waals surface area contributed by atoms with Crippen LogP contribution in [0.15, 0.2) is 12.1 Å². The van der Waals surface area contributed by atoms with Crippen molar-refractivity contribution in [2.75, 3.05) is 6.61 Å². The highest BCUT2D eigenvalue weighted by atomic mass is 19.4. The van der Waals surface area contributed by atoms with E-state index < -0.39 is 40.9 Å². The Balaban J connectivity index is 3.53. The minimum Gasteiger partial charge on any atom is -0.462 e. The van der Waals surface area contributed by atoms with Crippen LogP contribution < -0.4 is 4.74 Å². The van der Waals surface area contributed by atoms with E-state index in [0.717, 1.165) is 0 Å². The van der Waals surface area contributed by atoms with Gasteiger partial charge in [-0.15, -0.1) is 13.2 Å². The van der Waals surface area contributed by atoms with E-state index in [4.69, 9.17) is 5.26 Å². The van der Waals surface area contributed by atoms with Crippen molar-refractivity contribution in [2.45, 2.75) is 19.5 Å². The molecule has 0 aliphatic carbocycles. The standard InChI is InChI=1S/C12H7F6NO3/c1-2-21-10(20)7-4-8(11(13,14)15)9(3-6(7)5-19)22-12(16,17)18/h3-4H,2H2,1H3. The predicted octanol–water partition coefficient (Wildman–Crippen LogP) is 3.65. The van der Waals surface area contributed by atoms with Crippen molar-refractivity contribution in [1.29, 1.82) is 5.26 Å². The van der Waals surface area contributed by atoms with E-state index in [2.05, 4.69) is 9.47 Å². The largest absolute Gasteiger partial charge is 0.573 e. The first-order chi connectivity index (χ1) is 9.99. The first kappa shape index (κ1) is 17.6. The minimum atomic E-state index is -5.39. The molecule has 120 valence electrons. The number of carbonyl (C=O) groups excluding carboxylic acids is 1. The van der Waals surface area contributed by atoms with Gasteiger partial charge in [0.2, 0.25) is 0 Å². The molecule has 0 heterocycles. The Morgan fingerprint density at radius 2 is 1.82 bits per heavy atom. The van der Waals surface area contributed by atoms with E-state index in [1.807, 2.05) is 0 Å². The molecule has 1 rings (SSSR count). The molecule has 0 atom stereocenters. The lowest BCUT2D eigenvalue weighted by molar-refractivity contribution is -0.276. The fourth-order valence-corrected chi connectivity index (χ4v) is 1.48. The molecule has 1 aromatic carbocycles. The second kappa shape index (κ2) is 6.13. The van der Waals surface area contributed by atoms with E-state index in [1.54, 1.807) is 0 Å². The third kappa shape index (κ3) is 4.28. The average Bonchev–Trinajstić information content (AvgIpc) is 2.35. The number of carbonyl (C=O) groups is 1. The Bertz CT molecular complexity index is 615. The third-order valence-electron chi connectivity index (χ3n) is 2.27. The molecule has 0 aliphatic heterocycles. The van der Waals surface area contributed by atoms with Crippen molar-refractivity contribution < 1.29 is 40.6 Å². The summed E-state index contributed by atoms with van der Waals surface area (Å²) in [5, 5.41) is 8.78. The highest BCUT2D eigenvalue weighted by Crippen LogP contribution is 2.40. The van der Waals surface area contributed by atoms with Gasteiger partial charge in [-0.2, -0.15) is 18.4 Å². The van der Waals surface area contributed by atoms with Gasteiger partial charge in [0.25, 0.3) is 0 Å². The van der Waals surface area contributed by atoms with Crippen LogP contribution in [0.2, 0.25) is 0 Å². The lowest BCUT2D eigenvalue weighted by Gasteiger charge is -2.17. The van der Waals surface area contributed by atoms with Gasteiger partial charge in [-0.1, -0.05) is 0 Å². The fourth-order valence-electron chi connectivity index (χ4n) is 1.48. The smallest absolute Gasteiger partial charge is 0.462 e. The monoisotopic (exact) mass is 327 g/mol. The van der Waals surface area contributed by atoms with Gasteiger partial charge in [-0.3, -0.25) is 0 Å². The van der Waals surface area contributed by atoms with Crippen LogP contribution in [-0.4, -0.2) is 18.9 Å². The molecule has 0 saturated carbocycles. The molecule has 0 radical (unpaired) electrons. The summed E-state index contributed by atoms with van der Waals surface area (Å²) in [7, 11) is 0. The Morgan fingerprint density at radius 3 is 2.23 bits per heavy atom. The highest BCUT2D eigenvalue weighted by molar-refractivity contribution is 5.93. The Labute approximate surface area is 119 Å². The van der Waals surface area contributed by atoms with Gasteiger partial charge in [0, 0.05) is 0 Å². The second-order valence-electron chi connectivity index (χ2n) is 3.77. The normalized spacial score (nSPS) is 11.7. The summed E-state index contributed by atoms with van der Waals surface area (Å²) >= 11 is 0. The zero-order valence-corrected chi connectivity index (χ0v) is 10.8. The molecule has 0 aromatic heterocycles. The molecule has 0 N–H and O–H groups in total. The summed E-state index contributed by atoms with van der Waals surface area (Å²) in [6.45, 7) is 1.18. The molecule has 0 aliphatic rings. The van der Waals surface area contributed by atoms with Crippen LogP contribution in [0.5, 0.6) is 5.75 Å². The van der Waals surface area contributed by atoms with Gasteiger partial charge in [-0.05, 0) is 19.1 Å². The number of ether oxygens (including phenoxy) is 2. The van der Waals surface area contributed by atoms with E-state index >= 15 is 0 Å². The molecule has 0 fully saturated rings. The number of nitriles is 1. The number of hydrogen-bond donors (Lipinski definition) is 0. The van der Waals surface area contributed by atoms with Gasteiger partial charge >= 0.3 is 18.5 Å². The van der Waals surface area contributed by atoms with Gasteiger partial charge in [0.1, 0.15) is 11.8 Å². The molecule has 0 saturated heterocycles. The average molecular weight is 327 g/mol. The summed E-state index contributed by atoms with van der Waals surface area (Å²) in [6.07, 6.45) is -10.6. The predicted molar refractivity (Wildman–Crippen MR) is 58.8 cm³/mol. The Kier molecular flexibility index (Phi) is 4.91. The van der Waals surface area contributed by atoms with Crippen LogP contribution in [0.3, 0.4) is 0 Å².